The van der Waals surface area contributed by atoms with Crippen LogP contribution in [0.3, 0.4) is 0 Å². The lowest BCUT2D eigenvalue weighted by atomic mass is 9.93. The molecule has 27 heavy (non-hydrogen) atoms. The Balaban J connectivity index is 1.62. The number of para-hydroxylation sites is 1. The first-order valence-electron chi connectivity index (χ1n) is 9.05. The standard InChI is InChI=1S/C20H18N6O/c27-18-13-17(23-25(18)14-7-2-1-3-8-14)20-22-19(16-11-4-5-12-21-16)24-26(20)15-9-6-10-15/h1-5,7-8,11-13,15,23H,6,9-10H2. The molecule has 7 nitrogen and oxygen atoms in total. The summed E-state index contributed by atoms with van der Waals surface area (Å²) in [4.78, 5) is 21.6. The van der Waals surface area contributed by atoms with Crippen LogP contribution in [-0.2, 0) is 0 Å². The van der Waals surface area contributed by atoms with E-state index < -0.39 is 0 Å². The van der Waals surface area contributed by atoms with Crippen molar-refractivity contribution in [3.63, 3.8) is 0 Å². The number of pyridine rings is 1. The van der Waals surface area contributed by atoms with E-state index in [0.717, 1.165) is 24.2 Å². The molecule has 5 rings (SSSR count). The molecule has 0 bridgehead atoms. The second-order valence-corrected chi connectivity index (χ2v) is 6.68. The van der Waals surface area contributed by atoms with Gasteiger partial charge in [0.05, 0.1) is 11.7 Å². The van der Waals surface area contributed by atoms with E-state index in [4.69, 9.17) is 10.1 Å². The Morgan fingerprint density at radius 1 is 1.04 bits per heavy atom. The molecular weight excluding hydrogens is 340 g/mol. The molecule has 3 heterocycles. The lowest BCUT2D eigenvalue weighted by Crippen LogP contribution is -2.19. The predicted molar refractivity (Wildman–Crippen MR) is 102 cm³/mol. The normalized spacial score (nSPS) is 14.2. The molecule has 0 saturated heterocycles. The molecule has 1 aliphatic carbocycles. The van der Waals surface area contributed by atoms with Crippen molar-refractivity contribution in [2.24, 2.45) is 0 Å². The minimum atomic E-state index is -0.126. The quantitative estimate of drug-likeness (QED) is 0.607. The topological polar surface area (TPSA) is 81.4 Å². The van der Waals surface area contributed by atoms with E-state index in [1.54, 1.807) is 12.3 Å². The first-order valence-corrected chi connectivity index (χ1v) is 9.05. The van der Waals surface area contributed by atoms with Gasteiger partial charge in [0.2, 0.25) is 0 Å². The zero-order chi connectivity index (χ0) is 18.2. The molecule has 0 amide bonds. The summed E-state index contributed by atoms with van der Waals surface area (Å²) in [5.41, 5.74) is 2.04. The van der Waals surface area contributed by atoms with Gasteiger partial charge in [0.25, 0.3) is 5.56 Å². The Kier molecular flexibility index (Phi) is 3.71. The van der Waals surface area contributed by atoms with E-state index >= 15 is 0 Å². The summed E-state index contributed by atoms with van der Waals surface area (Å²) >= 11 is 0. The van der Waals surface area contributed by atoms with Gasteiger partial charge in [-0.25, -0.2) is 14.3 Å². The zero-order valence-electron chi connectivity index (χ0n) is 14.6. The van der Waals surface area contributed by atoms with Crippen LogP contribution in [0.25, 0.3) is 28.7 Å². The third kappa shape index (κ3) is 2.77. The zero-order valence-corrected chi connectivity index (χ0v) is 14.6. The Morgan fingerprint density at radius 3 is 2.56 bits per heavy atom. The van der Waals surface area contributed by atoms with Crippen LogP contribution in [0.4, 0.5) is 0 Å². The van der Waals surface area contributed by atoms with Crippen LogP contribution in [0.15, 0.2) is 65.6 Å². The molecule has 1 aromatic carbocycles. The highest BCUT2D eigenvalue weighted by molar-refractivity contribution is 5.56. The van der Waals surface area contributed by atoms with Gasteiger partial charge in [0.1, 0.15) is 11.4 Å². The van der Waals surface area contributed by atoms with Crippen LogP contribution in [0.5, 0.6) is 0 Å². The van der Waals surface area contributed by atoms with Crippen LogP contribution in [-0.4, -0.2) is 29.5 Å². The van der Waals surface area contributed by atoms with Gasteiger partial charge in [-0.1, -0.05) is 24.3 Å². The average Bonchev–Trinajstić information content (AvgIpc) is 3.26. The fraction of sp³-hybridized carbons (Fsp3) is 0.200. The molecule has 0 radical (unpaired) electrons. The molecule has 1 fully saturated rings. The van der Waals surface area contributed by atoms with Crippen molar-refractivity contribution in [2.75, 3.05) is 0 Å². The lowest BCUT2D eigenvalue weighted by molar-refractivity contribution is 0.292. The van der Waals surface area contributed by atoms with E-state index in [1.165, 1.54) is 11.1 Å². The fourth-order valence-electron chi connectivity index (χ4n) is 3.28. The largest absolute Gasteiger partial charge is 0.287 e. The third-order valence-electron chi connectivity index (χ3n) is 4.92. The van der Waals surface area contributed by atoms with Crippen LogP contribution >= 0.6 is 0 Å². The first kappa shape index (κ1) is 15.7. The highest BCUT2D eigenvalue weighted by Gasteiger charge is 2.26. The molecule has 0 aliphatic heterocycles. The summed E-state index contributed by atoms with van der Waals surface area (Å²) < 4.78 is 3.46. The molecule has 1 aliphatic rings. The number of nitrogens with zero attached hydrogens (tertiary/aromatic N) is 5. The number of nitrogens with one attached hydrogen (secondary N) is 1. The van der Waals surface area contributed by atoms with Crippen molar-refractivity contribution >= 4 is 0 Å². The van der Waals surface area contributed by atoms with E-state index in [1.807, 2.05) is 53.2 Å². The summed E-state index contributed by atoms with van der Waals surface area (Å²) in [6.45, 7) is 0. The van der Waals surface area contributed by atoms with Crippen molar-refractivity contribution < 1.29 is 0 Å². The van der Waals surface area contributed by atoms with E-state index in [9.17, 15) is 4.79 Å². The summed E-state index contributed by atoms with van der Waals surface area (Å²) in [5, 5.41) is 7.88. The second-order valence-electron chi connectivity index (χ2n) is 6.68. The second kappa shape index (κ2) is 6.35. The lowest BCUT2D eigenvalue weighted by Gasteiger charge is -2.26. The molecule has 0 atom stereocenters. The monoisotopic (exact) mass is 358 g/mol. The maximum atomic E-state index is 12.5. The van der Waals surface area contributed by atoms with E-state index in [0.29, 0.717) is 23.4 Å². The summed E-state index contributed by atoms with van der Waals surface area (Å²) in [5.74, 6) is 1.25. The number of rotatable bonds is 4. The fourth-order valence-corrected chi connectivity index (χ4v) is 3.28. The number of hydrogen-bond acceptors (Lipinski definition) is 4. The number of aromatic amines is 1. The van der Waals surface area contributed by atoms with Gasteiger partial charge in [-0.2, -0.15) is 0 Å². The van der Waals surface area contributed by atoms with Crippen molar-refractivity contribution in [1.82, 2.24) is 29.5 Å². The molecule has 4 aromatic rings. The Morgan fingerprint density at radius 2 is 1.85 bits per heavy atom. The van der Waals surface area contributed by atoms with Gasteiger partial charge in [-0.3, -0.25) is 14.9 Å². The Labute approximate surface area is 155 Å². The van der Waals surface area contributed by atoms with Crippen molar-refractivity contribution in [3.05, 3.63) is 71.1 Å². The molecule has 1 saturated carbocycles. The molecule has 134 valence electrons. The number of benzene rings is 1. The maximum Gasteiger partial charge on any atom is 0.271 e. The van der Waals surface area contributed by atoms with E-state index in [-0.39, 0.29) is 5.56 Å². The molecule has 7 heteroatoms. The molecule has 1 N–H and O–H groups in total. The molecule has 0 spiro atoms. The van der Waals surface area contributed by atoms with Crippen LogP contribution in [0, 0.1) is 0 Å². The SMILES string of the molecule is O=c1cc(-c2nc(-c3ccccn3)nn2C2CCC2)[nH]n1-c1ccccc1. The van der Waals surface area contributed by atoms with Crippen molar-refractivity contribution in [1.29, 1.82) is 0 Å². The van der Waals surface area contributed by atoms with Crippen LogP contribution in [0.1, 0.15) is 25.3 Å². The van der Waals surface area contributed by atoms with Gasteiger partial charge in [0.15, 0.2) is 11.6 Å². The van der Waals surface area contributed by atoms with Crippen molar-refractivity contribution in [2.45, 2.75) is 25.3 Å². The van der Waals surface area contributed by atoms with Gasteiger partial charge >= 0.3 is 0 Å². The molecule has 3 aromatic heterocycles. The smallest absolute Gasteiger partial charge is 0.271 e. The predicted octanol–water partition coefficient (Wildman–Crippen LogP) is 3.21. The minimum absolute atomic E-state index is 0.126. The van der Waals surface area contributed by atoms with E-state index in [2.05, 4.69) is 10.1 Å². The van der Waals surface area contributed by atoms with Crippen molar-refractivity contribution in [3.8, 4) is 28.7 Å². The highest BCUT2D eigenvalue weighted by atomic mass is 16.1. The number of hydrogen-bond donors (Lipinski definition) is 1. The highest BCUT2D eigenvalue weighted by Crippen LogP contribution is 2.34. The number of aromatic nitrogens is 6. The Bertz CT molecular complexity index is 1120. The minimum Gasteiger partial charge on any atom is -0.287 e. The number of H-pyrrole nitrogens is 1. The van der Waals surface area contributed by atoms with Gasteiger partial charge in [-0.05, 0) is 43.5 Å². The summed E-state index contributed by atoms with van der Waals surface area (Å²) in [6, 6.07) is 17.1. The first-order chi connectivity index (χ1) is 13.3. The summed E-state index contributed by atoms with van der Waals surface area (Å²) in [6.07, 6.45) is 5.06. The van der Waals surface area contributed by atoms with Gasteiger partial charge < -0.3 is 0 Å². The third-order valence-corrected chi connectivity index (χ3v) is 4.92. The molecule has 0 unspecified atom stereocenters. The average molecular weight is 358 g/mol. The molecular formula is C20H18N6O. The van der Waals surface area contributed by atoms with Crippen LogP contribution < -0.4 is 5.56 Å². The maximum absolute atomic E-state index is 12.5. The van der Waals surface area contributed by atoms with Gasteiger partial charge in [-0.15, -0.1) is 5.10 Å². The van der Waals surface area contributed by atoms with Gasteiger partial charge in [0, 0.05) is 12.3 Å². The van der Waals surface area contributed by atoms with Crippen LogP contribution in [0.2, 0.25) is 0 Å². The Hall–Kier alpha value is -3.48. The summed E-state index contributed by atoms with van der Waals surface area (Å²) in [7, 11) is 0.